The number of rotatable bonds is 4. The quantitative estimate of drug-likeness (QED) is 0.904. The molecule has 1 aromatic rings. The molecule has 0 bridgehead atoms. The molecule has 0 atom stereocenters. The Morgan fingerprint density at radius 2 is 1.78 bits per heavy atom. The summed E-state index contributed by atoms with van der Waals surface area (Å²) in [6, 6.07) is 3.74. The van der Waals surface area contributed by atoms with Crippen LogP contribution in [-0.4, -0.2) is 45.3 Å². The van der Waals surface area contributed by atoms with Crippen LogP contribution in [0.3, 0.4) is 0 Å². The lowest BCUT2D eigenvalue weighted by Gasteiger charge is -2.28. The van der Waals surface area contributed by atoms with Crippen molar-refractivity contribution in [3.05, 3.63) is 22.7 Å². The highest BCUT2D eigenvalue weighted by Crippen LogP contribution is 2.35. The molecule has 0 spiro atoms. The van der Waals surface area contributed by atoms with Gasteiger partial charge in [-0.05, 0) is 12.1 Å². The maximum Gasteiger partial charge on any atom is 0.138 e. The highest BCUT2D eigenvalue weighted by Gasteiger charge is 2.17. The monoisotopic (exact) mass is 270 g/mol. The molecule has 0 unspecified atom stereocenters. The second-order valence-electron chi connectivity index (χ2n) is 4.29. The zero-order chi connectivity index (χ0) is 13.0. The second kappa shape index (κ2) is 6.27. The number of methoxy groups -OCH3 is 2. The fourth-order valence-corrected chi connectivity index (χ4v) is 2.46. The van der Waals surface area contributed by atoms with Crippen LogP contribution in [0, 0.1) is 0 Å². The summed E-state index contributed by atoms with van der Waals surface area (Å²) in [5.41, 5.74) is 1.00. The van der Waals surface area contributed by atoms with Gasteiger partial charge in [-0.1, -0.05) is 11.6 Å². The van der Waals surface area contributed by atoms with E-state index in [-0.39, 0.29) is 0 Å². The highest BCUT2D eigenvalue weighted by molar-refractivity contribution is 6.33. The van der Waals surface area contributed by atoms with Crippen LogP contribution in [0.2, 0.25) is 5.02 Å². The molecule has 2 rings (SSSR count). The molecule has 1 N–H and O–H groups in total. The van der Waals surface area contributed by atoms with E-state index in [1.54, 1.807) is 14.2 Å². The van der Waals surface area contributed by atoms with Gasteiger partial charge in [0.25, 0.3) is 0 Å². The van der Waals surface area contributed by atoms with Crippen LogP contribution in [0.25, 0.3) is 0 Å². The summed E-state index contributed by atoms with van der Waals surface area (Å²) in [7, 11) is 3.29. The highest BCUT2D eigenvalue weighted by atomic mass is 35.5. The molecule has 0 saturated carbocycles. The predicted octanol–water partition coefficient (Wildman–Crippen LogP) is 1.76. The van der Waals surface area contributed by atoms with E-state index in [0.717, 1.165) is 44.0 Å². The van der Waals surface area contributed by atoms with E-state index in [9.17, 15) is 0 Å². The van der Waals surface area contributed by atoms with E-state index in [0.29, 0.717) is 10.8 Å². The number of benzene rings is 1. The first-order valence-electron chi connectivity index (χ1n) is 6.08. The maximum atomic E-state index is 6.36. The van der Waals surface area contributed by atoms with Crippen molar-refractivity contribution in [2.75, 3.05) is 40.4 Å². The molecule has 1 saturated heterocycles. The van der Waals surface area contributed by atoms with Crippen molar-refractivity contribution in [3.63, 3.8) is 0 Å². The van der Waals surface area contributed by atoms with Gasteiger partial charge in [-0.25, -0.2) is 0 Å². The minimum atomic E-state index is 0.649. The lowest BCUT2D eigenvalue weighted by molar-refractivity contribution is 0.230. The van der Waals surface area contributed by atoms with E-state index < -0.39 is 0 Å². The zero-order valence-corrected chi connectivity index (χ0v) is 11.6. The Morgan fingerprint density at radius 1 is 1.17 bits per heavy atom. The summed E-state index contributed by atoms with van der Waals surface area (Å²) in [6.45, 7) is 4.88. The van der Waals surface area contributed by atoms with Gasteiger partial charge in [0, 0.05) is 38.3 Å². The molecule has 1 heterocycles. The molecule has 1 aliphatic rings. The molecule has 18 heavy (non-hydrogen) atoms. The summed E-state index contributed by atoms with van der Waals surface area (Å²) >= 11 is 6.36. The first kappa shape index (κ1) is 13.5. The number of piperazine rings is 1. The lowest BCUT2D eigenvalue weighted by atomic mass is 10.1. The number of hydrogen-bond acceptors (Lipinski definition) is 4. The molecule has 0 amide bonds. The van der Waals surface area contributed by atoms with Crippen LogP contribution in [0.15, 0.2) is 12.1 Å². The van der Waals surface area contributed by atoms with Crippen molar-refractivity contribution in [2.24, 2.45) is 0 Å². The van der Waals surface area contributed by atoms with Crippen LogP contribution in [0.4, 0.5) is 0 Å². The first-order chi connectivity index (χ1) is 8.76. The van der Waals surface area contributed by atoms with Gasteiger partial charge in [0.1, 0.15) is 11.5 Å². The standard InChI is InChI=1S/C13H19ClN2O2/c1-17-11-3-4-12(18-2)13(14)10(11)9-16-7-5-15-6-8-16/h3-4,15H,5-9H2,1-2H3. The van der Waals surface area contributed by atoms with Crippen molar-refractivity contribution in [3.8, 4) is 11.5 Å². The number of hydrogen-bond donors (Lipinski definition) is 1. The molecular weight excluding hydrogens is 252 g/mol. The minimum absolute atomic E-state index is 0.649. The molecular formula is C13H19ClN2O2. The smallest absolute Gasteiger partial charge is 0.138 e. The molecule has 0 aromatic heterocycles. The summed E-state index contributed by atoms with van der Waals surface area (Å²) in [6.07, 6.45) is 0. The van der Waals surface area contributed by atoms with Gasteiger partial charge in [0.2, 0.25) is 0 Å². The third kappa shape index (κ3) is 2.88. The Morgan fingerprint density at radius 3 is 2.39 bits per heavy atom. The summed E-state index contributed by atoms with van der Waals surface area (Å²) in [4.78, 5) is 2.36. The molecule has 5 heteroatoms. The molecule has 1 aromatic carbocycles. The Labute approximate surface area is 113 Å². The first-order valence-corrected chi connectivity index (χ1v) is 6.46. The Balaban J connectivity index is 2.23. The van der Waals surface area contributed by atoms with Gasteiger partial charge >= 0.3 is 0 Å². The minimum Gasteiger partial charge on any atom is -0.496 e. The number of nitrogens with zero attached hydrogens (tertiary/aromatic N) is 1. The van der Waals surface area contributed by atoms with Crippen LogP contribution in [0.5, 0.6) is 11.5 Å². The Hall–Kier alpha value is -0.970. The third-order valence-corrected chi connectivity index (χ3v) is 3.61. The van der Waals surface area contributed by atoms with Crippen molar-refractivity contribution >= 4 is 11.6 Å². The SMILES string of the molecule is COc1ccc(OC)c(CN2CCNCC2)c1Cl. The van der Waals surface area contributed by atoms with Gasteiger partial charge in [0.15, 0.2) is 0 Å². The van der Waals surface area contributed by atoms with Gasteiger partial charge < -0.3 is 14.8 Å². The fourth-order valence-electron chi connectivity index (χ4n) is 2.17. The predicted molar refractivity (Wildman–Crippen MR) is 72.7 cm³/mol. The average Bonchev–Trinajstić information content (AvgIpc) is 2.42. The molecule has 4 nitrogen and oxygen atoms in total. The van der Waals surface area contributed by atoms with Crippen LogP contribution >= 0.6 is 11.6 Å². The van der Waals surface area contributed by atoms with Gasteiger partial charge in [0.05, 0.1) is 19.2 Å². The van der Waals surface area contributed by atoms with Gasteiger partial charge in [-0.15, -0.1) is 0 Å². The molecule has 100 valence electrons. The Kier molecular flexibility index (Phi) is 4.69. The van der Waals surface area contributed by atoms with E-state index in [2.05, 4.69) is 10.2 Å². The van der Waals surface area contributed by atoms with Crippen molar-refractivity contribution < 1.29 is 9.47 Å². The topological polar surface area (TPSA) is 33.7 Å². The van der Waals surface area contributed by atoms with E-state index in [1.807, 2.05) is 12.1 Å². The Bertz CT molecular complexity index is 406. The van der Waals surface area contributed by atoms with Crippen molar-refractivity contribution in [1.82, 2.24) is 10.2 Å². The van der Waals surface area contributed by atoms with Crippen LogP contribution in [-0.2, 0) is 6.54 Å². The molecule has 1 fully saturated rings. The van der Waals surface area contributed by atoms with Crippen LogP contribution < -0.4 is 14.8 Å². The molecule has 0 aliphatic carbocycles. The zero-order valence-electron chi connectivity index (χ0n) is 10.8. The number of nitrogens with one attached hydrogen (secondary N) is 1. The summed E-state index contributed by atoms with van der Waals surface area (Å²) < 4.78 is 10.6. The third-order valence-electron chi connectivity index (χ3n) is 3.20. The second-order valence-corrected chi connectivity index (χ2v) is 4.67. The van der Waals surface area contributed by atoms with E-state index in [1.165, 1.54) is 0 Å². The normalized spacial score (nSPS) is 16.6. The van der Waals surface area contributed by atoms with Gasteiger partial charge in [-0.3, -0.25) is 4.90 Å². The number of halogens is 1. The van der Waals surface area contributed by atoms with E-state index in [4.69, 9.17) is 21.1 Å². The van der Waals surface area contributed by atoms with E-state index >= 15 is 0 Å². The van der Waals surface area contributed by atoms with Crippen molar-refractivity contribution in [2.45, 2.75) is 6.54 Å². The maximum absolute atomic E-state index is 6.36. The molecule has 0 radical (unpaired) electrons. The number of ether oxygens (including phenoxy) is 2. The van der Waals surface area contributed by atoms with Gasteiger partial charge in [-0.2, -0.15) is 0 Å². The fraction of sp³-hybridized carbons (Fsp3) is 0.538. The van der Waals surface area contributed by atoms with Crippen molar-refractivity contribution in [1.29, 1.82) is 0 Å². The summed E-state index contributed by atoms with van der Waals surface area (Å²) in [5.74, 6) is 1.52. The summed E-state index contributed by atoms with van der Waals surface area (Å²) in [5, 5.41) is 3.98. The molecule has 1 aliphatic heterocycles. The average molecular weight is 271 g/mol. The van der Waals surface area contributed by atoms with Crippen LogP contribution in [0.1, 0.15) is 5.56 Å². The lowest BCUT2D eigenvalue weighted by Crippen LogP contribution is -2.43. The largest absolute Gasteiger partial charge is 0.496 e.